The van der Waals surface area contributed by atoms with E-state index in [1.165, 1.54) is 0 Å². The molecule has 4 heteroatoms. The molecule has 1 aliphatic rings. The Balaban J connectivity index is 2.00. The molecule has 1 aromatic rings. The van der Waals surface area contributed by atoms with Crippen LogP contribution in [0, 0.1) is 0 Å². The van der Waals surface area contributed by atoms with Gasteiger partial charge in [0.05, 0.1) is 6.61 Å². The number of ether oxygens (including phenoxy) is 1. The Bertz CT molecular complexity index is 418. The number of rotatable bonds is 4. The minimum atomic E-state index is -0.0661. The second-order valence-electron chi connectivity index (χ2n) is 4.30. The van der Waals surface area contributed by atoms with Crippen molar-refractivity contribution in [1.29, 1.82) is 0 Å². The first-order valence-corrected chi connectivity index (χ1v) is 6.00. The first-order valence-electron chi connectivity index (χ1n) is 6.00. The van der Waals surface area contributed by atoms with Crippen LogP contribution in [0.3, 0.4) is 0 Å². The molecule has 17 heavy (non-hydrogen) atoms. The minimum Gasteiger partial charge on any atom is -0.493 e. The molecule has 4 nitrogen and oxygen atoms in total. The highest BCUT2D eigenvalue weighted by Crippen LogP contribution is 2.25. The molecule has 1 unspecified atom stereocenters. The molecule has 0 bridgehead atoms. The minimum absolute atomic E-state index is 0.0247. The Kier molecular flexibility index (Phi) is 3.64. The molecule has 92 valence electrons. The van der Waals surface area contributed by atoms with Crippen LogP contribution in [0.5, 0.6) is 5.75 Å². The lowest BCUT2D eigenvalue weighted by molar-refractivity contribution is 0.0951. The molecule has 2 rings (SSSR count). The Morgan fingerprint density at radius 1 is 1.59 bits per heavy atom. The predicted octanol–water partition coefficient (Wildman–Crippen LogP) is 1.09. The van der Waals surface area contributed by atoms with Crippen LogP contribution in [0.4, 0.5) is 0 Å². The quantitative estimate of drug-likeness (QED) is 0.819. The highest BCUT2D eigenvalue weighted by molar-refractivity contribution is 5.94. The van der Waals surface area contributed by atoms with Crippen LogP contribution in [-0.2, 0) is 6.42 Å². The summed E-state index contributed by atoms with van der Waals surface area (Å²) in [5, 5.41) is 2.84. The Morgan fingerprint density at radius 3 is 3.18 bits per heavy atom. The van der Waals surface area contributed by atoms with Gasteiger partial charge in [-0.2, -0.15) is 0 Å². The van der Waals surface area contributed by atoms with E-state index >= 15 is 0 Å². The largest absolute Gasteiger partial charge is 0.493 e. The van der Waals surface area contributed by atoms with Gasteiger partial charge in [0.25, 0.3) is 5.91 Å². The third-order valence-corrected chi connectivity index (χ3v) is 3.00. The van der Waals surface area contributed by atoms with E-state index in [4.69, 9.17) is 10.5 Å². The zero-order valence-corrected chi connectivity index (χ0v) is 10.0. The molecule has 0 radical (unpaired) electrons. The van der Waals surface area contributed by atoms with Gasteiger partial charge in [-0.25, -0.2) is 0 Å². The first kappa shape index (κ1) is 11.9. The van der Waals surface area contributed by atoms with Crippen molar-refractivity contribution in [3.8, 4) is 5.75 Å². The number of nitrogens with two attached hydrogens (primary N) is 1. The molecular weight excluding hydrogens is 216 g/mol. The summed E-state index contributed by atoms with van der Waals surface area (Å²) in [6, 6.07) is 5.57. The highest BCUT2D eigenvalue weighted by atomic mass is 16.5. The second kappa shape index (κ2) is 5.19. The van der Waals surface area contributed by atoms with Crippen molar-refractivity contribution < 1.29 is 9.53 Å². The van der Waals surface area contributed by atoms with Gasteiger partial charge in [0, 0.05) is 24.6 Å². The summed E-state index contributed by atoms with van der Waals surface area (Å²) in [6.45, 7) is 3.23. The maximum atomic E-state index is 11.9. The van der Waals surface area contributed by atoms with E-state index in [9.17, 15) is 4.79 Å². The zero-order valence-electron chi connectivity index (χ0n) is 10.0. The number of carbonyl (C=O) groups excluding carboxylic acids is 1. The molecule has 0 aromatic heterocycles. The smallest absolute Gasteiger partial charge is 0.251 e. The van der Waals surface area contributed by atoms with Crippen LogP contribution in [-0.4, -0.2) is 25.1 Å². The highest BCUT2D eigenvalue weighted by Gasteiger charge is 2.15. The standard InChI is InChI=1S/C13H18N2O2/c1-2-11(14)8-15-13(16)10-3-4-12-9(7-10)5-6-17-12/h3-4,7,11H,2,5-6,8,14H2,1H3,(H,15,16). The molecule has 0 saturated carbocycles. The molecule has 0 aliphatic carbocycles. The number of nitrogens with one attached hydrogen (secondary N) is 1. The average Bonchev–Trinajstić information content (AvgIpc) is 2.82. The first-order chi connectivity index (χ1) is 8.20. The van der Waals surface area contributed by atoms with Gasteiger partial charge < -0.3 is 15.8 Å². The molecule has 0 saturated heterocycles. The summed E-state index contributed by atoms with van der Waals surface area (Å²) in [7, 11) is 0. The summed E-state index contributed by atoms with van der Waals surface area (Å²) in [6.07, 6.45) is 1.74. The zero-order chi connectivity index (χ0) is 12.3. The van der Waals surface area contributed by atoms with Crippen molar-refractivity contribution in [3.05, 3.63) is 29.3 Å². The summed E-state index contributed by atoms with van der Waals surface area (Å²) < 4.78 is 5.40. The van der Waals surface area contributed by atoms with E-state index in [0.717, 1.165) is 24.2 Å². The van der Waals surface area contributed by atoms with Crippen LogP contribution in [0.25, 0.3) is 0 Å². The van der Waals surface area contributed by atoms with Gasteiger partial charge in [0.15, 0.2) is 0 Å². The van der Waals surface area contributed by atoms with Crippen molar-refractivity contribution >= 4 is 5.91 Å². The fourth-order valence-corrected chi connectivity index (χ4v) is 1.80. The molecule has 1 aliphatic heterocycles. The van der Waals surface area contributed by atoms with Gasteiger partial charge >= 0.3 is 0 Å². The van der Waals surface area contributed by atoms with E-state index in [-0.39, 0.29) is 11.9 Å². The molecule has 1 atom stereocenters. The third kappa shape index (κ3) is 2.77. The number of amides is 1. The third-order valence-electron chi connectivity index (χ3n) is 3.00. The molecule has 0 spiro atoms. The number of hydrogen-bond donors (Lipinski definition) is 2. The molecular formula is C13H18N2O2. The van der Waals surface area contributed by atoms with Gasteiger partial charge in [-0.1, -0.05) is 6.92 Å². The van der Waals surface area contributed by atoms with Crippen LogP contribution in [0.2, 0.25) is 0 Å². The number of benzene rings is 1. The van der Waals surface area contributed by atoms with Crippen molar-refractivity contribution in [1.82, 2.24) is 5.32 Å². The molecule has 1 amide bonds. The Hall–Kier alpha value is -1.55. The maximum Gasteiger partial charge on any atom is 0.251 e. The van der Waals surface area contributed by atoms with Crippen LogP contribution >= 0.6 is 0 Å². The fraction of sp³-hybridized carbons (Fsp3) is 0.462. The van der Waals surface area contributed by atoms with E-state index in [1.54, 1.807) is 6.07 Å². The van der Waals surface area contributed by atoms with E-state index in [2.05, 4.69) is 5.32 Å². The van der Waals surface area contributed by atoms with Gasteiger partial charge in [-0.15, -0.1) is 0 Å². The van der Waals surface area contributed by atoms with E-state index in [0.29, 0.717) is 18.7 Å². The lowest BCUT2D eigenvalue weighted by atomic mass is 10.1. The SMILES string of the molecule is CCC(N)CNC(=O)c1ccc2c(c1)CCO2. The summed E-state index contributed by atoms with van der Waals surface area (Å²) in [5.74, 6) is 0.829. The van der Waals surface area contributed by atoms with Gasteiger partial charge in [-0.05, 0) is 30.2 Å². The number of hydrogen-bond acceptors (Lipinski definition) is 3. The normalized spacial score (nSPS) is 14.9. The predicted molar refractivity (Wildman–Crippen MR) is 66.2 cm³/mol. The van der Waals surface area contributed by atoms with Crippen LogP contribution in [0.1, 0.15) is 29.3 Å². The molecule has 0 fully saturated rings. The topological polar surface area (TPSA) is 64.3 Å². The molecule has 1 heterocycles. The maximum absolute atomic E-state index is 11.9. The van der Waals surface area contributed by atoms with Crippen molar-refractivity contribution in [3.63, 3.8) is 0 Å². The number of fused-ring (bicyclic) bond motifs is 1. The van der Waals surface area contributed by atoms with Crippen molar-refractivity contribution in [2.24, 2.45) is 5.73 Å². The summed E-state index contributed by atoms with van der Waals surface area (Å²) in [5.41, 5.74) is 7.54. The molecule has 3 N–H and O–H groups in total. The van der Waals surface area contributed by atoms with Crippen molar-refractivity contribution in [2.45, 2.75) is 25.8 Å². The van der Waals surface area contributed by atoms with Gasteiger partial charge in [-0.3, -0.25) is 4.79 Å². The molecule has 1 aromatic carbocycles. The second-order valence-corrected chi connectivity index (χ2v) is 4.30. The summed E-state index contributed by atoms with van der Waals surface area (Å²) in [4.78, 5) is 11.9. The Morgan fingerprint density at radius 2 is 2.41 bits per heavy atom. The number of carbonyl (C=O) groups is 1. The Labute approximate surface area is 101 Å². The average molecular weight is 234 g/mol. The monoisotopic (exact) mass is 234 g/mol. The lowest BCUT2D eigenvalue weighted by Crippen LogP contribution is -2.36. The van der Waals surface area contributed by atoms with E-state index in [1.807, 2.05) is 19.1 Å². The summed E-state index contributed by atoms with van der Waals surface area (Å²) >= 11 is 0. The van der Waals surface area contributed by atoms with E-state index < -0.39 is 0 Å². The van der Waals surface area contributed by atoms with Crippen LogP contribution < -0.4 is 15.8 Å². The van der Waals surface area contributed by atoms with Gasteiger partial charge in [0.1, 0.15) is 5.75 Å². The van der Waals surface area contributed by atoms with Gasteiger partial charge in [0.2, 0.25) is 0 Å². The van der Waals surface area contributed by atoms with Crippen LogP contribution in [0.15, 0.2) is 18.2 Å². The fourth-order valence-electron chi connectivity index (χ4n) is 1.80. The lowest BCUT2D eigenvalue weighted by Gasteiger charge is -2.10. The van der Waals surface area contributed by atoms with Crippen molar-refractivity contribution in [2.75, 3.05) is 13.2 Å².